The molecule has 2 unspecified atom stereocenters. The maximum absolute atomic E-state index is 3.67. The van der Waals surface area contributed by atoms with E-state index in [4.69, 9.17) is 0 Å². The minimum absolute atomic E-state index is 0.0270. The molecule has 0 bridgehead atoms. The Labute approximate surface area is 125 Å². The number of nitrogens with one attached hydrogen (secondary N) is 3. The number of hydrogen-bond acceptors (Lipinski definition) is 3. The van der Waals surface area contributed by atoms with Gasteiger partial charge in [0.05, 0.1) is 18.5 Å². The Morgan fingerprint density at radius 2 is 1.24 bits per heavy atom. The summed E-state index contributed by atoms with van der Waals surface area (Å²) < 4.78 is 0. The van der Waals surface area contributed by atoms with Gasteiger partial charge in [-0.1, -0.05) is 67.2 Å². The minimum Gasteiger partial charge on any atom is -0.279 e. The lowest BCUT2D eigenvalue weighted by atomic mass is 10.1. The maximum atomic E-state index is 3.67. The predicted molar refractivity (Wildman–Crippen MR) is 85.3 cm³/mol. The fourth-order valence-corrected chi connectivity index (χ4v) is 2.56. The highest BCUT2D eigenvalue weighted by Gasteiger charge is 2.26. The average Bonchev–Trinajstić information content (AvgIpc) is 2.56. The zero-order valence-corrected chi connectivity index (χ0v) is 11.8. The van der Waals surface area contributed by atoms with Crippen LogP contribution < -0.4 is 16.0 Å². The Hall–Kier alpha value is -2.16. The van der Waals surface area contributed by atoms with E-state index >= 15 is 0 Å². The van der Waals surface area contributed by atoms with Crippen molar-refractivity contribution in [2.45, 2.75) is 18.5 Å². The highest BCUT2D eigenvalue weighted by Crippen LogP contribution is 2.21. The van der Waals surface area contributed by atoms with Crippen molar-refractivity contribution < 1.29 is 0 Å². The highest BCUT2D eigenvalue weighted by molar-refractivity contribution is 5.24. The second-order valence-corrected chi connectivity index (χ2v) is 5.04. The van der Waals surface area contributed by atoms with E-state index in [0.717, 1.165) is 0 Å². The smallest absolute Gasteiger partial charge is 0.0868 e. The van der Waals surface area contributed by atoms with Crippen molar-refractivity contribution in [3.63, 3.8) is 0 Å². The van der Waals surface area contributed by atoms with Crippen LogP contribution in [0.1, 0.15) is 23.5 Å². The molecule has 1 saturated heterocycles. The second-order valence-electron chi connectivity index (χ2n) is 5.04. The van der Waals surface area contributed by atoms with E-state index < -0.39 is 0 Å². The first-order valence-electron chi connectivity index (χ1n) is 7.11. The molecule has 1 fully saturated rings. The first kappa shape index (κ1) is 13.8. The van der Waals surface area contributed by atoms with Crippen LogP contribution >= 0.6 is 0 Å². The summed E-state index contributed by atoms with van der Waals surface area (Å²) in [5, 5.41) is 10.6. The molecule has 0 amide bonds. The summed E-state index contributed by atoms with van der Waals surface area (Å²) in [6.07, 6.45) is 2.09. The average molecular weight is 277 g/mol. The fourth-order valence-electron chi connectivity index (χ4n) is 2.56. The molecule has 1 aliphatic rings. The molecule has 0 aliphatic carbocycles. The molecule has 1 heterocycles. The predicted octanol–water partition coefficient (Wildman–Crippen LogP) is 2.83. The molecule has 2 atom stereocenters. The summed E-state index contributed by atoms with van der Waals surface area (Å²) in [4.78, 5) is 0. The van der Waals surface area contributed by atoms with Gasteiger partial charge in [-0.15, -0.1) is 5.73 Å². The van der Waals surface area contributed by atoms with Crippen LogP contribution in [0.25, 0.3) is 0 Å². The van der Waals surface area contributed by atoms with E-state index in [1.54, 1.807) is 0 Å². The van der Waals surface area contributed by atoms with Gasteiger partial charge in [0.1, 0.15) is 0 Å². The summed E-state index contributed by atoms with van der Waals surface area (Å²) in [7, 11) is 0. The minimum atomic E-state index is 0.0270. The highest BCUT2D eigenvalue weighted by atomic mass is 15.3. The lowest BCUT2D eigenvalue weighted by molar-refractivity contribution is 0.229. The van der Waals surface area contributed by atoms with Gasteiger partial charge in [0.2, 0.25) is 0 Å². The largest absolute Gasteiger partial charge is 0.279 e. The van der Waals surface area contributed by atoms with Gasteiger partial charge in [-0.2, -0.15) is 0 Å². The molecule has 0 saturated carbocycles. The van der Waals surface area contributed by atoms with Crippen LogP contribution in [0.2, 0.25) is 0 Å². The molecule has 1 aliphatic heterocycles. The van der Waals surface area contributed by atoms with E-state index in [9.17, 15) is 0 Å². The molecule has 106 valence electrons. The summed E-state index contributed by atoms with van der Waals surface area (Å²) in [6.45, 7) is 3.67. The van der Waals surface area contributed by atoms with Crippen LogP contribution in [-0.2, 0) is 0 Å². The van der Waals surface area contributed by atoms with Crippen LogP contribution in [0, 0.1) is 0 Å². The molecule has 3 rings (SSSR count). The summed E-state index contributed by atoms with van der Waals surface area (Å²) in [5.41, 5.74) is 5.27. The third kappa shape index (κ3) is 3.30. The molecule has 21 heavy (non-hydrogen) atoms. The third-order valence-corrected chi connectivity index (χ3v) is 3.58. The van der Waals surface area contributed by atoms with E-state index in [1.807, 2.05) is 18.2 Å². The number of benzene rings is 2. The third-order valence-electron chi connectivity index (χ3n) is 3.58. The first-order valence-corrected chi connectivity index (χ1v) is 7.11. The van der Waals surface area contributed by atoms with E-state index in [1.165, 1.54) is 11.1 Å². The molecule has 3 heteroatoms. The molecular formula is C18H19N3. The number of hydrogen-bond donors (Lipinski definition) is 3. The van der Waals surface area contributed by atoms with Gasteiger partial charge in [-0.25, -0.2) is 0 Å². The summed E-state index contributed by atoms with van der Waals surface area (Å²) in [6, 6.07) is 20.7. The van der Waals surface area contributed by atoms with Crippen LogP contribution in [0.5, 0.6) is 0 Å². The molecule has 0 spiro atoms. The molecule has 0 aromatic heterocycles. The maximum Gasteiger partial charge on any atom is 0.0868 e. The standard InChI is InChI=1S/C18H19N3/c1-2-9-16-19-17(14-10-5-3-6-11-14)21-18(20-16)15-12-7-4-8-13-15/h3-13,16-21H,1H2. The normalized spacial score (nSPS) is 25.0. The van der Waals surface area contributed by atoms with Crippen molar-refractivity contribution in [2.24, 2.45) is 0 Å². The van der Waals surface area contributed by atoms with E-state index in [0.29, 0.717) is 0 Å². The molecule has 2 aromatic carbocycles. The van der Waals surface area contributed by atoms with Crippen LogP contribution in [0.4, 0.5) is 0 Å². The van der Waals surface area contributed by atoms with Gasteiger partial charge < -0.3 is 0 Å². The Morgan fingerprint density at radius 1 is 0.762 bits per heavy atom. The molecular weight excluding hydrogens is 258 g/mol. The van der Waals surface area contributed by atoms with Crippen molar-refractivity contribution >= 4 is 0 Å². The summed E-state index contributed by atoms with van der Waals surface area (Å²) >= 11 is 0. The first-order chi connectivity index (χ1) is 10.4. The molecule has 3 nitrogen and oxygen atoms in total. The zero-order chi connectivity index (χ0) is 14.5. The lowest BCUT2D eigenvalue weighted by Gasteiger charge is -2.38. The second kappa shape index (κ2) is 6.53. The Morgan fingerprint density at radius 3 is 1.67 bits per heavy atom. The van der Waals surface area contributed by atoms with Gasteiger partial charge in [-0.3, -0.25) is 16.0 Å². The molecule has 3 N–H and O–H groups in total. The van der Waals surface area contributed by atoms with Crippen molar-refractivity contribution in [3.8, 4) is 0 Å². The van der Waals surface area contributed by atoms with Gasteiger partial charge in [0.25, 0.3) is 0 Å². The summed E-state index contributed by atoms with van der Waals surface area (Å²) in [5.74, 6) is 0. The monoisotopic (exact) mass is 277 g/mol. The van der Waals surface area contributed by atoms with E-state index in [2.05, 4.69) is 76.8 Å². The van der Waals surface area contributed by atoms with Gasteiger partial charge in [0.15, 0.2) is 0 Å². The Bertz CT molecular complexity index is 570. The molecule has 2 aromatic rings. The lowest BCUT2D eigenvalue weighted by Crippen LogP contribution is -2.58. The van der Waals surface area contributed by atoms with Gasteiger partial charge >= 0.3 is 0 Å². The molecule has 0 radical (unpaired) electrons. The zero-order valence-electron chi connectivity index (χ0n) is 11.8. The number of rotatable bonds is 3. The van der Waals surface area contributed by atoms with Gasteiger partial charge in [0, 0.05) is 0 Å². The topological polar surface area (TPSA) is 36.1 Å². The van der Waals surface area contributed by atoms with Crippen molar-refractivity contribution in [3.05, 3.63) is 90.2 Å². The van der Waals surface area contributed by atoms with E-state index in [-0.39, 0.29) is 18.5 Å². The van der Waals surface area contributed by atoms with Crippen LogP contribution in [0.3, 0.4) is 0 Å². The van der Waals surface area contributed by atoms with Crippen molar-refractivity contribution in [1.82, 2.24) is 16.0 Å². The van der Waals surface area contributed by atoms with Crippen LogP contribution in [0.15, 0.2) is 79.0 Å². The SMILES string of the molecule is C=C=CC1NC(c2ccccc2)NC(c2ccccc2)N1. The Balaban J connectivity index is 1.87. The fraction of sp³-hybridized carbons (Fsp3) is 0.167. The van der Waals surface area contributed by atoms with Gasteiger partial charge in [-0.05, 0) is 17.2 Å². The van der Waals surface area contributed by atoms with Crippen LogP contribution in [-0.4, -0.2) is 6.17 Å². The quantitative estimate of drug-likeness (QED) is 0.755. The Kier molecular flexibility index (Phi) is 4.29. The van der Waals surface area contributed by atoms with Crippen molar-refractivity contribution in [1.29, 1.82) is 0 Å². The van der Waals surface area contributed by atoms with Crippen molar-refractivity contribution in [2.75, 3.05) is 0 Å².